The second-order valence-electron chi connectivity index (χ2n) is 11.2. The van der Waals surface area contributed by atoms with E-state index in [-0.39, 0.29) is 41.2 Å². The molecule has 0 saturated carbocycles. The fourth-order valence-electron chi connectivity index (χ4n) is 5.24. The number of nitrogens with one attached hydrogen (secondary N) is 2. The monoisotopic (exact) mass is 658 g/mol. The lowest BCUT2D eigenvalue weighted by atomic mass is 9.92. The molecule has 0 aromatic heterocycles. The molecule has 1 aliphatic heterocycles. The molecule has 0 atom stereocenters. The molecule has 1 heterocycles. The lowest BCUT2D eigenvalue weighted by molar-refractivity contribution is -0.132. The number of carbonyl (C=O) groups is 5. The topological polar surface area (TPSA) is 159 Å². The molecule has 1 saturated heterocycles. The van der Waals surface area contributed by atoms with Crippen LogP contribution < -0.4 is 10.6 Å². The number of piperazine rings is 1. The molecule has 0 unspecified atom stereocenters. The highest BCUT2D eigenvalue weighted by molar-refractivity contribution is 7.86. The number of ketones is 2. The maximum Gasteiger partial charge on any atom is 0.297 e. The molecule has 3 aromatic rings. The van der Waals surface area contributed by atoms with Crippen LogP contribution in [0.25, 0.3) is 0 Å². The number of allylic oxidation sites excluding steroid dienone is 2. The molecule has 47 heavy (non-hydrogen) atoms. The molecule has 0 radical (unpaired) electrons. The van der Waals surface area contributed by atoms with Gasteiger partial charge < -0.3 is 20.4 Å². The number of amides is 3. The van der Waals surface area contributed by atoms with E-state index in [1.54, 1.807) is 41.3 Å². The van der Waals surface area contributed by atoms with Crippen molar-refractivity contribution < 1.29 is 36.6 Å². The second-order valence-corrected chi connectivity index (χ2v) is 12.8. The number of Topliss-reactive ketones (excluding diaryl/α,β-unsaturated/α-hetero) is 1. The van der Waals surface area contributed by atoms with Crippen molar-refractivity contribution in [2.75, 3.05) is 44.6 Å². The molecule has 2 aliphatic rings. The number of benzene rings is 3. The van der Waals surface area contributed by atoms with Gasteiger partial charge in [-0.1, -0.05) is 42.0 Å². The fourth-order valence-corrected chi connectivity index (χ4v) is 6.11. The minimum Gasteiger partial charge on any atom is -0.365 e. The van der Waals surface area contributed by atoms with E-state index < -0.39 is 22.6 Å². The lowest BCUT2D eigenvalue weighted by Gasteiger charge is -2.37. The van der Waals surface area contributed by atoms with Crippen LogP contribution in [0.15, 0.2) is 89.5 Å². The van der Waals surface area contributed by atoms with Gasteiger partial charge in [-0.3, -0.25) is 28.2 Å². The second kappa shape index (κ2) is 14.5. The Morgan fingerprint density at radius 2 is 1.51 bits per heavy atom. The van der Waals surface area contributed by atoms with Gasteiger partial charge in [-0.2, -0.15) is 8.42 Å². The van der Waals surface area contributed by atoms with Crippen LogP contribution in [0.5, 0.6) is 0 Å². The third-order valence-electron chi connectivity index (χ3n) is 7.85. The van der Waals surface area contributed by atoms with Gasteiger partial charge in [0.1, 0.15) is 6.61 Å². The van der Waals surface area contributed by atoms with Gasteiger partial charge >= 0.3 is 0 Å². The van der Waals surface area contributed by atoms with E-state index in [1.165, 1.54) is 42.5 Å². The minimum absolute atomic E-state index is 0.0492. The number of nitrogens with zero attached hydrogens (tertiary/aromatic N) is 2. The van der Waals surface area contributed by atoms with Gasteiger partial charge in [-0.05, 0) is 49.7 Å². The quantitative estimate of drug-likeness (QED) is 0.233. The Morgan fingerprint density at radius 1 is 0.851 bits per heavy atom. The van der Waals surface area contributed by atoms with E-state index in [4.69, 9.17) is 4.18 Å². The van der Waals surface area contributed by atoms with Gasteiger partial charge in [0, 0.05) is 67.6 Å². The number of rotatable bonds is 11. The highest BCUT2D eigenvalue weighted by Gasteiger charge is 2.31. The van der Waals surface area contributed by atoms with Crippen LogP contribution in [0, 0.1) is 6.92 Å². The van der Waals surface area contributed by atoms with Gasteiger partial charge in [0.25, 0.3) is 21.9 Å². The summed E-state index contributed by atoms with van der Waals surface area (Å²) in [6, 6.07) is 18.9. The van der Waals surface area contributed by atoms with Crippen LogP contribution in [0.3, 0.4) is 0 Å². The Labute approximate surface area is 272 Å². The van der Waals surface area contributed by atoms with Crippen molar-refractivity contribution in [1.82, 2.24) is 15.1 Å². The average molecular weight is 659 g/mol. The first kappa shape index (κ1) is 33.2. The average Bonchev–Trinajstić information content (AvgIpc) is 3.08. The summed E-state index contributed by atoms with van der Waals surface area (Å²) in [5, 5.41) is 5.30. The molecule has 244 valence electrons. The summed E-state index contributed by atoms with van der Waals surface area (Å²) in [5.74, 6) is -1.47. The zero-order valence-electron chi connectivity index (χ0n) is 25.7. The zero-order chi connectivity index (χ0) is 33.6. The van der Waals surface area contributed by atoms with Gasteiger partial charge in [-0.25, -0.2) is 0 Å². The van der Waals surface area contributed by atoms with Crippen molar-refractivity contribution in [2.45, 2.75) is 24.7 Å². The number of carbonyl (C=O) groups excluding carboxylic acids is 5. The summed E-state index contributed by atoms with van der Waals surface area (Å²) < 4.78 is 29.4. The first-order chi connectivity index (χ1) is 22.5. The SMILES string of the molecule is Cc1ccc(S(=O)(=O)OCC(=O)Nc2ccc(C(=O)NCCCC(=O)N3CCN(C4=CC(=O)c5ccccc5C4=O)CC3)cc2)cc1. The molecule has 12 nitrogen and oxygen atoms in total. The van der Waals surface area contributed by atoms with Crippen molar-refractivity contribution in [2.24, 2.45) is 0 Å². The fraction of sp³-hybridized carbons (Fsp3) is 0.265. The van der Waals surface area contributed by atoms with Gasteiger partial charge in [0.05, 0.1) is 10.6 Å². The lowest BCUT2D eigenvalue weighted by Crippen LogP contribution is -2.49. The normalized spacial score (nSPS) is 14.7. The highest BCUT2D eigenvalue weighted by atomic mass is 32.2. The van der Waals surface area contributed by atoms with E-state index in [0.717, 1.165) is 5.56 Å². The number of anilines is 1. The molecule has 0 bridgehead atoms. The summed E-state index contributed by atoms with van der Waals surface area (Å²) in [6.07, 6.45) is 2.05. The summed E-state index contributed by atoms with van der Waals surface area (Å²) in [5.41, 5.74) is 2.74. The van der Waals surface area contributed by atoms with E-state index in [1.807, 2.05) is 11.8 Å². The Morgan fingerprint density at radius 3 is 2.19 bits per heavy atom. The van der Waals surface area contributed by atoms with E-state index in [2.05, 4.69) is 10.6 Å². The molecule has 3 amide bonds. The third kappa shape index (κ3) is 8.18. The van der Waals surface area contributed by atoms with Gasteiger partial charge in [0.15, 0.2) is 5.78 Å². The van der Waals surface area contributed by atoms with Crippen LogP contribution >= 0.6 is 0 Å². The van der Waals surface area contributed by atoms with Crippen LogP contribution in [-0.4, -0.2) is 86.8 Å². The first-order valence-electron chi connectivity index (χ1n) is 15.1. The van der Waals surface area contributed by atoms with Crippen molar-refractivity contribution >= 4 is 45.1 Å². The largest absolute Gasteiger partial charge is 0.365 e. The third-order valence-corrected chi connectivity index (χ3v) is 9.13. The molecule has 13 heteroatoms. The Balaban J connectivity index is 0.999. The van der Waals surface area contributed by atoms with Crippen LogP contribution in [-0.2, 0) is 23.9 Å². The number of hydrogen-bond donors (Lipinski definition) is 2. The molecule has 3 aromatic carbocycles. The molecule has 1 fully saturated rings. The molecule has 2 N–H and O–H groups in total. The predicted octanol–water partition coefficient (Wildman–Crippen LogP) is 2.96. The predicted molar refractivity (Wildman–Crippen MR) is 172 cm³/mol. The number of aryl methyl sites for hydroxylation is 1. The van der Waals surface area contributed by atoms with E-state index >= 15 is 0 Å². The Hall–Kier alpha value is -5.14. The van der Waals surface area contributed by atoms with Crippen LogP contribution in [0.1, 0.15) is 49.5 Å². The zero-order valence-corrected chi connectivity index (χ0v) is 26.5. The number of hydrogen-bond acceptors (Lipinski definition) is 9. The van der Waals surface area contributed by atoms with Crippen LogP contribution in [0.2, 0.25) is 0 Å². The molecule has 1 aliphatic carbocycles. The smallest absolute Gasteiger partial charge is 0.297 e. The van der Waals surface area contributed by atoms with Crippen molar-refractivity contribution in [3.8, 4) is 0 Å². The van der Waals surface area contributed by atoms with Gasteiger partial charge in [-0.15, -0.1) is 0 Å². The van der Waals surface area contributed by atoms with E-state index in [9.17, 15) is 32.4 Å². The highest BCUT2D eigenvalue weighted by Crippen LogP contribution is 2.24. The van der Waals surface area contributed by atoms with Crippen molar-refractivity contribution in [3.63, 3.8) is 0 Å². The maximum absolute atomic E-state index is 13.0. The van der Waals surface area contributed by atoms with Gasteiger partial charge in [0.2, 0.25) is 11.7 Å². The minimum atomic E-state index is -4.09. The first-order valence-corrected chi connectivity index (χ1v) is 16.5. The summed E-state index contributed by atoms with van der Waals surface area (Å²) in [6.45, 7) is 3.10. The molecular weight excluding hydrogens is 624 g/mol. The maximum atomic E-state index is 13.0. The van der Waals surface area contributed by atoms with E-state index in [0.29, 0.717) is 60.7 Å². The number of fused-ring (bicyclic) bond motifs is 1. The molecule has 0 spiro atoms. The van der Waals surface area contributed by atoms with Crippen molar-refractivity contribution in [3.05, 3.63) is 107 Å². The Bertz CT molecular complexity index is 1830. The summed E-state index contributed by atoms with van der Waals surface area (Å²) >= 11 is 0. The Kier molecular flexibility index (Phi) is 10.3. The standard InChI is InChI=1S/C34H34N4O8S/c1-23-8-14-26(15-9-23)47(44,45)46-22-31(40)36-25-12-10-24(11-13-25)34(43)35-16-4-7-32(41)38-19-17-37(18-20-38)29-21-30(39)27-5-2-3-6-28(27)33(29)42/h2-3,5-6,8-15,21H,4,7,16-20,22H2,1H3,(H,35,43)(H,36,40). The summed E-state index contributed by atoms with van der Waals surface area (Å²) in [4.78, 5) is 66.5. The molecule has 5 rings (SSSR count). The van der Waals surface area contributed by atoms with Crippen molar-refractivity contribution in [1.29, 1.82) is 0 Å². The van der Waals surface area contributed by atoms with Crippen LogP contribution in [0.4, 0.5) is 5.69 Å². The molecular formula is C34H34N4O8S. The summed E-state index contributed by atoms with van der Waals surface area (Å²) in [7, 11) is -4.09.